The molecule has 0 saturated carbocycles. The van der Waals surface area contributed by atoms with E-state index in [-0.39, 0.29) is 0 Å². The lowest BCUT2D eigenvalue weighted by Crippen LogP contribution is -2.49. The SMILES string of the molecule is NC(CC(=O)O)C(=O)N[C@@H](CC(=O)O)C(=O)O. The first-order valence-electron chi connectivity index (χ1n) is 4.46. The number of rotatable bonds is 7. The summed E-state index contributed by atoms with van der Waals surface area (Å²) in [4.78, 5) is 42.3. The Morgan fingerprint density at radius 3 is 1.82 bits per heavy atom. The molecule has 0 bridgehead atoms. The van der Waals surface area contributed by atoms with Crippen LogP contribution in [0.3, 0.4) is 0 Å². The van der Waals surface area contributed by atoms with Crippen molar-refractivity contribution in [3.63, 3.8) is 0 Å². The van der Waals surface area contributed by atoms with Crippen molar-refractivity contribution < 1.29 is 34.5 Å². The predicted molar refractivity (Wildman–Crippen MR) is 52.0 cm³/mol. The number of amides is 1. The van der Waals surface area contributed by atoms with E-state index in [1.165, 1.54) is 0 Å². The largest absolute Gasteiger partial charge is 0.481 e. The van der Waals surface area contributed by atoms with Gasteiger partial charge in [-0.05, 0) is 0 Å². The monoisotopic (exact) mass is 248 g/mol. The Kier molecular flexibility index (Phi) is 5.61. The third-order valence-corrected chi connectivity index (χ3v) is 1.72. The summed E-state index contributed by atoms with van der Waals surface area (Å²) in [6, 6.07) is -3.07. The summed E-state index contributed by atoms with van der Waals surface area (Å²) < 4.78 is 0. The number of aliphatic carboxylic acids is 3. The molecule has 0 aromatic rings. The van der Waals surface area contributed by atoms with E-state index < -0.39 is 48.7 Å². The van der Waals surface area contributed by atoms with Crippen molar-refractivity contribution in [1.82, 2.24) is 5.32 Å². The second-order valence-electron chi connectivity index (χ2n) is 3.20. The molecule has 1 amide bonds. The van der Waals surface area contributed by atoms with Crippen molar-refractivity contribution in [1.29, 1.82) is 0 Å². The van der Waals surface area contributed by atoms with E-state index in [2.05, 4.69) is 0 Å². The normalized spacial score (nSPS) is 13.5. The van der Waals surface area contributed by atoms with E-state index in [0.717, 1.165) is 0 Å². The minimum absolute atomic E-state index is 0.675. The fraction of sp³-hybridized carbons (Fsp3) is 0.500. The number of hydrogen-bond acceptors (Lipinski definition) is 5. The van der Waals surface area contributed by atoms with Gasteiger partial charge in [0, 0.05) is 0 Å². The van der Waals surface area contributed by atoms with Crippen LogP contribution in [0.4, 0.5) is 0 Å². The molecule has 0 fully saturated rings. The maximum atomic E-state index is 11.2. The molecule has 1 unspecified atom stereocenters. The van der Waals surface area contributed by atoms with Crippen LogP contribution in [0.5, 0.6) is 0 Å². The van der Waals surface area contributed by atoms with Crippen molar-refractivity contribution in [2.24, 2.45) is 5.73 Å². The van der Waals surface area contributed by atoms with Crippen LogP contribution in [-0.2, 0) is 19.2 Å². The van der Waals surface area contributed by atoms with Crippen molar-refractivity contribution in [2.45, 2.75) is 24.9 Å². The molecule has 0 aliphatic rings. The van der Waals surface area contributed by atoms with Crippen LogP contribution in [0.2, 0.25) is 0 Å². The molecule has 0 aromatic carbocycles. The maximum Gasteiger partial charge on any atom is 0.326 e. The van der Waals surface area contributed by atoms with Gasteiger partial charge in [-0.3, -0.25) is 14.4 Å². The van der Waals surface area contributed by atoms with E-state index in [4.69, 9.17) is 21.1 Å². The van der Waals surface area contributed by atoms with Gasteiger partial charge in [0.25, 0.3) is 0 Å². The van der Waals surface area contributed by atoms with Crippen molar-refractivity contribution >= 4 is 23.8 Å². The van der Waals surface area contributed by atoms with Gasteiger partial charge in [-0.25, -0.2) is 4.79 Å². The topological polar surface area (TPSA) is 167 Å². The highest BCUT2D eigenvalue weighted by atomic mass is 16.4. The van der Waals surface area contributed by atoms with Crippen LogP contribution in [0.25, 0.3) is 0 Å². The molecule has 0 rings (SSSR count). The van der Waals surface area contributed by atoms with Gasteiger partial charge in [-0.1, -0.05) is 0 Å². The number of carboxylic acids is 3. The quantitative estimate of drug-likeness (QED) is 0.339. The molecule has 0 spiro atoms. The zero-order chi connectivity index (χ0) is 13.6. The van der Waals surface area contributed by atoms with Gasteiger partial charge in [-0.2, -0.15) is 0 Å². The summed E-state index contributed by atoms with van der Waals surface area (Å²) in [5.41, 5.74) is 5.16. The zero-order valence-electron chi connectivity index (χ0n) is 8.62. The number of carboxylic acid groups (broad SMARTS) is 3. The summed E-state index contributed by atoms with van der Waals surface area (Å²) in [5, 5.41) is 27.2. The number of hydrogen-bond donors (Lipinski definition) is 5. The minimum Gasteiger partial charge on any atom is -0.481 e. The fourth-order valence-corrected chi connectivity index (χ4v) is 0.934. The molecule has 96 valence electrons. The maximum absolute atomic E-state index is 11.2. The Morgan fingerprint density at radius 2 is 1.47 bits per heavy atom. The molecule has 9 heteroatoms. The summed E-state index contributed by atoms with van der Waals surface area (Å²) in [6.45, 7) is 0. The van der Waals surface area contributed by atoms with Gasteiger partial charge < -0.3 is 26.4 Å². The molecular formula is C8H12N2O7. The molecule has 9 nitrogen and oxygen atoms in total. The van der Waals surface area contributed by atoms with Crippen molar-refractivity contribution in [3.8, 4) is 0 Å². The van der Waals surface area contributed by atoms with Crippen LogP contribution < -0.4 is 11.1 Å². The Morgan fingerprint density at radius 1 is 1.00 bits per heavy atom. The van der Waals surface area contributed by atoms with Crippen LogP contribution in [-0.4, -0.2) is 51.2 Å². The summed E-state index contributed by atoms with van der Waals surface area (Å²) in [6.07, 6.45) is -1.49. The van der Waals surface area contributed by atoms with Gasteiger partial charge >= 0.3 is 17.9 Å². The molecule has 2 atom stereocenters. The summed E-state index contributed by atoms with van der Waals surface area (Å²) in [5.74, 6) is -5.30. The lowest BCUT2D eigenvalue weighted by Gasteiger charge is -2.15. The van der Waals surface area contributed by atoms with E-state index in [1.807, 2.05) is 5.32 Å². The molecule has 17 heavy (non-hydrogen) atoms. The third-order valence-electron chi connectivity index (χ3n) is 1.72. The number of nitrogens with one attached hydrogen (secondary N) is 1. The second-order valence-corrected chi connectivity index (χ2v) is 3.20. The van der Waals surface area contributed by atoms with Crippen LogP contribution in [0.1, 0.15) is 12.8 Å². The number of carbonyl (C=O) groups excluding carboxylic acids is 1. The number of carbonyl (C=O) groups is 4. The van der Waals surface area contributed by atoms with E-state index in [1.54, 1.807) is 0 Å². The predicted octanol–water partition coefficient (Wildman–Crippen LogP) is -2.17. The highest BCUT2D eigenvalue weighted by Gasteiger charge is 2.26. The standard InChI is InChI=1S/C8H12N2O7/c9-3(1-5(11)12)7(15)10-4(8(16)17)2-6(13)14/h3-4H,1-2,9H2,(H,10,15)(H,11,12)(H,13,14)(H,16,17)/t3?,4-/m0/s1. The lowest BCUT2D eigenvalue weighted by molar-refractivity contribution is -0.147. The average Bonchev–Trinajstić information content (AvgIpc) is 2.14. The fourth-order valence-electron chi connectivity index (χ4n) is 0.934. The lowest BCUT2D eigenvalue weighted by atomic mass is 10.1. The van der Waals surface area contributed by atoms with Crippen LogP contribution in [0.15, 0.2) is 0 Å². The minimum atomic E-state index is -1.64. The molecule has 6 N–H and O–H groups in total. The first kappa shape index (κ1) is 14.8. The van der Waals surface area contributed by atoms with Crippen molar-refractivity contribution in [2.75, 3.05) is 0 Å². The molecule has 0 aliphatic carbocycles. The molecule has 0 heterocycles. The highest BCUT2D eigenvalue weighted by Crippen LogP contribution is 1.96. The Hall–Kier alpha value is -2.16. The van der Waals surface area contributed by atoms with E-state index in [9.17, 15) is 19.2 Å². The van der Waals surface area contributed by atoms with Gasteiger partial charge in [0.15, 0.2) is 0 Å². The van der Waals surface area contributed by atoms with Gasteiger partial charge in [0.1, 0.15) is 6.04 Å². The zero-order valence-corrected chi connectivity index (χ0v) is 8.62. The first-order valence-corrected chi connectivity index (χ1v) is 4.46. The van der Waals surface area contributed by atoms with Gasteiger partial charge in [0.2, 0.25) is 5.91 Å². The molecular weight excluding hydrogens is 236 g/mol. The molecule has 0 aromatic heterocycles. The number of nitrogens with two attached hydrogens (primary N) is 1. The smallest absolute Gasteiger partial charge is 0.326 e. The Labute approximate surface area is 95.2 Å². The Bertz CT molecular complexity index is 341. The van der Waals surface area contributed by atoms with Crippen molar-refractivity contribution in [3.05, 3.63) is 0 Å². The van der Waals surface area contributed by atoms with Crippen LogP contribution >= 0.6 is 0 Å². The van der Waals surface area contributed by atoms with E-state index >= 15 is 0 Å². The van der Waals surface area contributed by atoms with Gasteiger partial charge in [-0.15, -0.1) is 0 Å². The van der Waals surface area contributed by atoms with Gasteiger partial charge in [0.05, 0.1) is 18.9 Å². The second kappa shape index (κ2) is 6.43. The summed E-state index contributed by atoms with van der Waals surface area (Å²) in [7, 11) is 0. The third kappa shape index (κ3) is 6.10. The Balaban J connectivity index is 4.44. The molecule has 0 saturated heterocycles. The van der Waals surface area contributed by atoms with E-state index in [0.29, 0.717) is 0 Å². The summed E-state index contributed by atoms with van der Waals surface area (Å²) >= 11 is 0. The average molecular weight is 248 g/mol. The molecule has 0 aliphatic heterocycles. The first-order chi connectivity index (χ1) is 7.73. The molecule has 0 radical (unpaired) electrons. The highest BCUT2D eigenvalue weighted by molar-refractivity contribution is 5.90. The van der Waals surface area contributed by atoms with Crippen LogP contribution in [0, 0.1) is 0 Å².